The third-order valence-corrected chi connectivity index (χ3v) is 6.47. The highest BCUT2D eigenvalue weighted by Crippen LogP contribution is 2.66. The summed E-state index contributed by atoms with van der Waals surface area (Å²) in [6.07, 6.45) is -1.01. The lowest BCUT2D eigenvalue weighted by Crippen LogP contribution is -2.69. The molecular weight excluding hydrogens is 260 g/mol. The standard InChI is InChI=1S/C15H24O5/c1-7(2)8-9-12(17)20-10(8)11(16)14(4)13(3,18)5-6-15(9,14)19/h7-11,16,18-19H,5-6H2,1-4H3/t8-,9+,10+,11+,13+,14-,15+/m1/s1. The molecule has 20 heavy (non-hydrogen) atoms. The highest BCUT2D eigenvalue weighted by molar-refractivity contribution is 5.78. The summed E-state index contributed by atoms with van der Waals surface area (Å²) in [6, 6.07) is 0. The maximum Gasteiger partial charge on any atom is 0.312 e. The fourth-order valence-electron chi connectivity index (χ4n) is 4.99. The molecule has 1 heterocycles. The molecule has 3 N–H and O–H groups in total. The van der Waals surface area contributed by atoms with Gasteiger partial charge in [0.15, 0.2) is 0 Å². The maximum absolute atomic E-state index is 12.2. The van der Waals surface area contributed by atoms with Crippen molar-refractivity contribution in [3.8, 4) is 0 Å². The van der Waals surface area contributed by atoms with Gasteiger partial charge in [0.05, 0.1) is 22.5 Å². The van der Waals surface area contributed by atoms with Crippen molar-refractivity contribution >= 4 is 5.97 Å². The third kappa shape index (κ3) is 1.27. The molecule has 0 spiro atoms. The normalized spacial score (nSPS) is 57.9. The molecule has 0 aromatic rings. The number of ether oxygens (including phenoxy) is 1. The fraction of sp³-hybridized carbons (Fsp3) is 0.933. The van der Waals surface area contributed by atoms with Crippen LogP contribution in [0.2, 0.25) is 0 Å². The molecule has 2 bridgehead atoms. The second kappa shape index (κ2) is 3.76. The van der Waals surface area contributed by atoms with Gasteiger partial charge in [0, 0.05) is 5.92 Å². The van der Waals surface area contributed by atoms with Gasteiger partial charge >= 0.3 is 5.97 Å². The van der Waals surface area contributed by atoms with Crippen LogP contribution in [0.1, 0.15) is 40.5 Å². The lowest BCUT2D eigenvalue weighted by molar-refractivity contribution is -0.246. The Morgan fingerprint density at radius 3 is 2.40 bits per heavy atom. The molecule has 3 rings (SSSR count). The van der Waals surface area contributed by atoms with Gasteiger partial charge in [-0.15, -0.1) is 0 Å². The van der Waals surface area contributed by atoms with Gasteiger partial charge in [0.25, 0.3) is 0 Å². The van der Waals surface area contributed by atoms with Crippen molar-refractivity contribution < 1.29 is 24.9 Å². The van der Waals surface area contributed by atoms with Crippen LogP contribution < -0.4 is 0 Å². The zero-order valence-corrected chi connectivity index (χ0v) is 12.5. The maximum atomic E-state index is 12.2. The predicted octanol–water partition coefficient (Wildman–Crippen LogP) is 0.457. The second-order valence-electron chi connectivity index (χ2n) is 7.55. The molecule has 3 aliphatic rings. The Labute approximate surface area is 118 Å². The molecule has 5 nitrogen and oxygen atoms in total. The van der Waals surface area contributed by atoms with Crippen LogP contribution in [0.3, 0.4) is 0 Å². The van der Waals surface area contributed by atoms with E-state index in [-0.39, 0.29) is 11.8 Å². The van der Waals surface area contributed by atoms with E-state index >= 15 is 0 Å². The third-order valence-electron chi connectivity index (χ3n) is 6.47. The number of fused-ring (bicyclic) bond motifs is 4. The van der Waals surface area contributed by atoms with Crippen molar-refractivity contribution in [2.75, 3.05) is 0 Å². The van der Waals surface area contributed by atoms with Crippen LogP contribution in [0.15, 0.2) is 0 Å². The summed E-state index contributed by atoms with van der Waals surface area (Å²) in [5.74, 6) is -1.18. The van der Waals surface area contributed by atoms with Crippen LogP contribution in [-0.2, 0) is 9.53 Å². The van der Waals surface area contributed by atoms with E-state index in [0.29, 0.717) is 12.8 Å². The summed E-state index contributed by atoms with van der Waals surface area (Å²) in [7, 11) is 0. The Balaban J connectivity index is 2.18. The molecule has 0 aromatic carbocycles. The molecule has 5 heteroatoms. The van der Waals surface area contributed by atoms with E-state index in [1.165, 1.54) is 0 Å². The fourth-order valence-corrected chi connectivity index (χ4v) is 4.99. The molecule has 2 saturated carbocycles. The molecule has 114 valence electrons. The number of aliphatic hydroxyl groups is 3. The molecule has 0 unspecified atom stereocenters. The molecule has 1 saturated heterocycles. The van der Waals surface area contributed by atoms with E-state index in [0.717, 1.165) is 0 Å². The highest BCUT2D eigenvalue weighted by Gasteiger charge is 2.78. The SMILES string of the molecule is CC(C)[C@H]1[C@@H]2OC(=O)[C@H]1[C@@]1(O)CC[C@](C)(O)[C@@]1(C)[C@H]2O. The van der Waals surface area contributed by atoms with Gasteiger partial charge in [-0.2, -0.15) is 0 Å². The van der Waals surface area contributed by atoms with Gasteiger partial charge in [-0.3, -0.25) is 4.79 Å². The van der Waals surface area contributed by atoms with Crippen LogP contribution in [0, 0.1) is 23.2 Å². The Morgan fingerprint density at radius 1 is 1.25 bits per heavy atom. The van der Waals surface area contributed by atoms with Crippen LogP contribution in [-0.4, -0.2) is 44.7 Å². The van der Waals surface area contributed by atoms with Gasteiger partial charge in [-0.05, 0) is 25.7 Å². The smallest absolute Gasteiger partial charge is 0.312 e. The molecule has 3 fully saturated rings. The molecule has 0 amide bonds. The summed E-state index contributed by atoms with van der Waals surface area (Å²) in [4.78, 5) is 12.2. The molecule has 2 aliphatic carbocycles. The molecule has 0 aromatic heterocycles. The first kappa shape index (κ1) is 14.3. The number of esters is 1. The minimum absolute atomic E-state index is 0.116. The van der Waals surface area contributed by atoms with E-state index in [1.807, 2.05) is 13.8 Å². The number of carbonyl (C=O) groups excluding carboxylic acids is 1. The number of carbonyl (C=O) groups is 1. The lowest BCUT2D eigenvalue weighted by atomic mass is 9.51. The minimum Gasteiger partial charge on any atom is -0.459 e. The topological polar surface area (TPSA) is 87.0 Å². The minimum atomic E-state index is -1.41. The van der Waals surface area contributed by atoms with Gasteiger partial charge in [-0.25, -0.2) is 0 Å². The van der Waals surface area contributed by atoms with E-state index in [2.05, 4.69) is 0 Å². The van der Waals surface area contributed by atoms with Crippen molar-refractivity contribution in [2.45, 2.75) is 63.9 Å². The number of hydrogen-bond acceptors (Lipinski definition) is 5. The summed E-state index contributed by atoms with van der Waals surface area (Å²) in [6.45, 7) is 7.26. The van der Waals surface area contributed by atoms with E-state index < -0.39 is 40.7 Å². The summed E-state index contributed by atoms with van der Waals surface area (Å²) in [5, 5.41) is 32.7. The Morgan fingerprint density at radius 2 is 1.85 bits per heavy atom. The van der Waals surface area contributed by atoms with E-state index in [4.69, 9.17) is 4.74 Å². The first-order valence-corrected chi connectivity index (χ1v) is 7.41. The second-order valence-corrected chi connectivity index (χ2v) is 7.55. The Bertz CT molecular complexity index is 459. The Kier molecular flexibility index (Phi) is 2.68. The van der Waals surface area contributed by atoms with Crippen molar-refractivity contribution in [1.82, 2.24) is 0 Å². The molecular formula is C15H24O5. The molecule has 7 atom stereocenters. The summed E-state index contributed by atoms with van der Waals surface area (Å²) in [5.41, 5.74) is -3.77. The van der Waals surface area contributed by atoms with Gasteiger partial charge in [0.1, 0.15) is 12.2 Å². The number of rotatable bonds is 1. The van der Waals surface area contributed by atoms with E-state index in [9.17, 15) is 20.1 Å². The first-order valence-electron chi connectivity index (χ1n) is 7.41. The zero-order chi connectivity index (χ0) is 15.1. The molecule has 0 radical (unpaired) electrons. The van der Waals surface area contributed by atoms with Crippen molar-refractivity contribution in [1.29, 1.82) is 0 Å². The van der Waals surface area contributed by atoms with Crippen molar-refractivity contribution in [2.24, 2.45) is 23.2 Å². The lowest BCUT2D eigenvalue weighted by Gasteiger charge is -2.55. The summed E-state index contributed by atoms with van der Waals surface area (Å²) >= 11 is 0. The van der Waals surface area contributed by atoms with Crippen LogP contribution >= 0.6 is 0 Å². The van der Waals surface area contributed by atoms with E-state index in [1.54, 1.807) is 13.8 Å². The number of aliphatic hydroxyl groups excluding tert-OH is 1. The van der Waals surface area contributed by atoms with Gasteiger partial charge in [0.2, 0.25) is 0 Å². The van der Waals surface area contributed by atoms with Crippen LogP contribution in [0.25, 0.3) is 0 Å². The Hall–Kier alpha value is -0.650. The average molecular weight is 284 g/mol. The first-order chi connectivity index (χ1) is 9.08. The van der Waals surface area contributed by atoms with Crippen molar-refractivity contribution in [3.63, 3.8) is 0 Å². The monoisotopic (exact) mass is 284 g/mol. The van der Waals surface area contributed by atoms with Gasteiger partial charge < -0.3 is 20.1 Å². The van der Waals surface area contributed by atoms with Crippen LogP contribution in [0.4, 0.5) is 0 Å². The van der Waals surface area contributed by atoms with Crippen LogP contribution in [0.5, 0.6) is 0 Å². The van der Waals surface area contributed by atoms with Crippen molar-refractivity contribution in [3.05, 3.63) is 0 Å². The highest BCUT2D eigenvalue weighted by atomic mass is 16.6. The average Bonchev–Trinajstić information content (AvgIpc) is 2.76. The zero-order valence-electron chi connectivity index (χ0n) is 12.5. The quantitative estimate of drug-likeness (QED) is 0.609. The van der Waals surface area contributed by atoms with Gasteiger partial charge in [-0.1, -0.05) is 20.8 Å². The number of hydrogen-bond donors (Lipinski definition) is 3. The molecule has 1 aliphatic heterocycles. The summed E-state index contributed by atoms with van der Waals surface area (Å²) < 4.78 is 5.37. The largest absolute Gasteiger partial charge is 0.459 e. The predicted molar refractivity (Wildman–Crippen MR) is 70.6 cm³/mol.